The highest BCUT2D eigenvalue weighted by Gasteiger charge is 2.44. The fourth-order valence-corrected chi connectivity index (χ4v) is 5.37. The largest absolute Gasteiger partial charge is 0.351 e. The molecule has 0 radical (unpaired) electrons. The van der Waals surface area contributed by atoms with Gasteiger partial charge in [-0.1, -0.05) is 53.7 Å². The summed E-state index contributed by atoms with van der Waals surface area (Å²) in [5.41, 5.74) is 0.550. The van der Waals surface area contributed by atoms with E-state index in [0.717, 1.165) is 36.7 Å². The fourth-order valence-electron chi connectivity index (χ4n) is 4.05. The third-order valence-corrected chi connectivity index (χ3v) is 7.43. The Morgan fingerprint density at radius 1 is 1.12 bits per heavy atom. The molecule has 0 spiro atoms. The molecule has 2 heterocycles. The molecule has 2 amide bonds. The molecule has 1 atom stereocenters. The smallest absolute Gasteiger partial charge is 0.249 e. The predicted molar refractivity (Wildman–Crippen MR) is 131 cm³/mol. The zero-order valence-corrected chi connectivity index (χ0v) is 19.7. The van der Waals surface area contributed by atoms with Gasteiger partial charge in [0.2, 0.25) is 11.8 Å². The number of carbonyl (C=O) groups is 2. The summed E-state index contributed by atoms with van der Waals surface area (Å²) in [6.07, 6.45) is 2.25. The predicted octanol–water partition coefficient (Wildman–Crippen LogP) is 3.95. The van der Waals surface area contributed by atoms with Gasteiger partial charge in [-0.2, -0.15) is 0 Å². The Bertz CT molecular complexity index is 993. The third kappa shape index (κ3) is 4.94. The average molecular weight is 471 g/mol. The first kappa shape index (κ1) is 22.7. The number of nitrogens with zero attached hydrogens (tertiary/aromatic N) is 3. The summed E-state index contributed by atoms with van der Waals surface area (Å²) in [5, 5.41) is 4.48. The summed E-state index contributed by atoms with van der Waals surface area (Å²) in [6.45, 7) is 4.12. The van der Waals surface area contributed by atoms with Crippen LogP contribution in [0.5, 0.6) is 0 Å². The van der Waals surface area contributed by atoms with E-state index in [1.807, 2.05) is 37.3 Å². The maximum Gasteiger partial charge on any atom is 0.249 e. The van der Waals surface area contributed by atoms with Crippen LogP contribution in [0.15, 0.2) is 59.6 Å². The van der Waals surface area contributed by atoms with Gasteiger partial charge in [0.1, 0.15) is 12.1 Å². The first-order valence-corrected chi connectivity index (χ1v) is 12.2. The van der Waals surface area contributed by atoms with Gasteiger partial charge in [0.05, 0.1) is 0 Å². The van der Waals surface area contributed by atoms with Crippen molar-refractivity contribution in [2.24, 2.45) is 4.99 Å². The Morgan fingerprint density at radius 3 is 2.50 bits per heavy atom. The van der Waals surface area contributed by atoms with Crippen LogP contribution in [-0.4, -0.2) is 52.8 Å². The molecule has 2 aliphatic heterocycles. The SMILES string of the molecule is CC1(C(=O)NCc2ccccc2)CS/C(N2CCCC2)=N\CC(=O)N1c1ccc(Cl)cc1. The van der Waals surface area contributed by atoms with Gasteiger partial charge in [0, 0.05) is 36.1 Å². The van der Waals surface area contributed by atoms with Gasteiger partial charge >= 0.3 is 0 Å². The van der Waals surface area contributed by atoms with Gasteiger partial charge in [-0.15, -0.1) is 0 Å². The minimum Gasteiger partial charge on any atom is -0.351 e. The summed E-state index contributed by atoms with van der Waals surface area (Å²) >= 11 is 7.62. The molecular formula is C24H27ClN4O2S. The number of hydrogen-bond donors (Lipinski definition) is 1. The van der Waals surface area contributed by atoms with E-state index in [4.69, 9.17) is 11.6 Å². The van der Waals surface area contributed by atoms with E-state index < -0.39 is 5.54 Å². The van der Waals surface area contributed by atoms with Crippen molar-refractivity contribution >= 4 is 46.0 Å². The second kappa shape index (κ2) is 9.96. The molecule has 1 saturated heterocycles. The summed E-state index contributed by atoms with van der Waals surface area (Å²) in [5.74, 6) is -0.00126. The molecule has 0 aliphatic carbocycles. The first-order chi connectivity index (χ1) is 15.5. The number of thioether (sulfide) groups is 1. The molecule has 2 aliphatic rings. The lowest BCUT2D eigenvalue weighted by atomic mass is 9.99. The van der Waals surface area contributed by atoms with Crippen molar-refractivity contribution in [3.8, 4) is 0 Å². The van der Waals surface area contributed by atoms with E-state index in [9.17, 15) is 9.59 Å². The number of rotatable bonds is 4. The Hall–Kier alpha value is -2.51. The highest BCUT2D eigenvalue weighted by molar-refractivity contribution is 8.13. The maximum absolute atomic E-state index is 13.6. The van der Waals surface area contributed by atoms with Crippen LogP contribution in [0.25, 0.3) is 0 Å². The van der Waals surface area contributed by atoms with E-state index in [1.165, 1.54) is 0 Å². The van der Waals surface area contributed by atoms with Crippen molar-refractivity contribution in [2.75, 3.05) is 30.3 Å². The number of anilines is 1. The number of aliphatic imine (C=N–C) groups is 1. The van der Waals surface area contributed by atoms with Crippen LogP contribution in [0.4, 0.5) is 5.69 Å². The van der Waals surface area contributed by atoms with Crippen molar-refractivity contribution in [3.05, 3.63) is 65.2 Å². The molecule has 8 heteroatoms. The number of nitrogens with one attached hydrogen (secondary N) is 1. The minimum atomic E-state index is -1.09. The number of amides is 2. The number of likely N-dealkylation sites (tertiary alicyclic amines) is 1. The topological polar surface area (TPSA) is 65.0 Å². The lowest BCUT2D eigenvalue weighted by Crippen LogP contribution is -2.62. The molecule has 4 rings (SSSR count). The van der Waals surface area contributed by atoms with Crippen LogP contribution < -0.4 is 10.2 Å². The number of amidine groups is 1. The van der Waals surface area contributed by atoms with E-state index in [-0.39, 0.29) is 18.4 Å². The van der Waals surface area contributed by atoms with Crippen LogP contribution in [0.1, 0.15) is 25.3 Å². The van der Waals surface area contributed by atoms with Gasteiger partial charge in [0.15, 0.2) is 5.17 Å². The monoisotopic (exact) mass is 470 g/mol. The number of halogens is 1. The van der Waals surface area contributed by atoms with Gasteiger partial charge in [0.25, 0.3) is 0 Å². The Balaban J connectivity index is 1.64. The van der Waals surface area contributed by atoms with Gasteiger partial charge in [-0.25, -0.2) is 0 Å². The number of hydrogen-bond acceptors (Lipinski definition) is 5. The van der Waals surface area contributed by atoms with Crippen molar-refractivity contribution < 1.29 is 9.59 Å². The molecular weight excluding hydrogens is 444 g/mol. The number of carbonyl (C=O) groups excluding carboxylic acids is 2. The van der Waals surface area contributed by atoms with Crippen molar-refractivity contribution in [3.63, 3.8) is 0 Å². The van der Waals surface area contributed by atoms with Crippen LogP contribution in [0.3, 0.4) is 0 Å². The van der Waals surface area contributed by atoms with E-state index in [2.05, 4.69) is 15.2 Å². The highest BCUT2D eigenvalue weighted by Crippen LogP contribution is 2.32. The lowest BCUT2D eigenvalue weighted by Gasteiger charge is -2.41. The van der Waals surface area contributed by atoms with Gasteiger partial charge < -0.3 is 10.2 Å². The molecule has 0 saturated carbocycles. The maximum atomic E-state index is 13.6. The zero-order chi connectivity index (χ0) is 22.6. The third-order valence-electron chi connectivity index (χ3n) is 5.82. The first-order valence-electron chi connectivity index (χ1n) is 10.8. The molecule has 0 bridgehead atoms. The molecule has 32 heavy (non-hydrogen) atoms. The van der Waals surface area contributed by atoms with E-state index >= 15 is 0 Å². The zero-order valence-electron chi connectivity index (χ0n) is 18.1. The van der Waals surface area contributed by atoms with Gasteiger partial charge in [-0.3, -0.25) is 19.5 Å². The van der Waals surface area contributed by atoms with Crippen LogP contribution in [-0.2, 0) is 16.1 Å². The fraction of sp³-hybridized carbons (Fsp3) is 0.375. The minimum absolute atomic E-state index is 0.00299. The summed E-state index contributed by atoms with van der Waals surface area (Å²) in [6, 6.07) is 16.8. The molecule has 2 aromatic carbocycles. The average Bonchev–Trinajstić information content (AvgIpc) is 3.33. The van der Waals surface area contributed by atoms with Crippen LogP contribution >= 0.6 is 23.4 Å². The standard InChI is InChI=1S/C24H27ClN4O2S/c1-24(22(31)26-15-18-7-3-2-4-8-18)17-32-23(28-13-5-6-14-28)27-16-21(30)29(24)20-11-9-19(25)10-12-20/h2-4,7-12H,5-6,13-17H2,1H3,(H,26,31)/b27-23-. The van der Waals surface area contributed by atoms with Crippen molar-refractivity contribution in [2.45, 2.75) is 31.8 Å². The Labute approximate surface area is 198 Å². The molecule has 6 nitrogen and oxygen atoms in total. The van der Waals surface area contributed by atoms with Crippen molar-refractivity contribution in [1.29, 1.82) is 0 Å². The van der Waals surface area contributed by atoms with Crippen molar-refractivity contribution in [1.82, 2.24) is 10.2 Å². The molecule has 168 valence electrons. The highest BCUT2D eigenvalue weighted by atomic mass is 35.5. The molecule has 0 aromatic heterocycles. The molecule has 1 fully saturated rings. The van der Waals surface area contributed by atoms with Crippen LogP contribution in [0.2, 0.25) is 5.02 Å². The number of benzene rings is 2. The lowest BCUT2D eigenvalue weighted by molar-refractivity contribution is -0.129. The van der Waals surface area contributed by atoms with Gasteiger partial charge in [-0.05, 0) is 49.6 Å². The second-order valence-electron chi connectivity index (χ2n) is 8.23. The Kier molecular flexibility index (Phi) is 7.06. The summed E-state index contributed by atoms with van der Waals surface area (Å²) in [7, 11) is 0. The second-order valence-corrected chi connectivity index (χ2v) is 9.61. The molecule has 2 aromatic rings. The van der Waals surface area contributed by atoms with E-state index in [1.54, 1.807) is 40.9 Å². The Morgan fingerprint density at radius 2 is 1.81 bits per heavy atom. The molecule has 1 N–H and O–H groups in total. The summed E-state index contributed by atoms with van der Waals surface area (Å²) < 4.78 is 0. The normalized spacial score (nSPS) is 23.3. The molecule has 1 unspecified atom stereocenters. The van der Waals surface area contributed by atoms with E-state index in [0.29, 0.717) is 23.0 Å². The van der Waals surface area contributed by atoms with Crippen LogP contribution in [0, 0.1) is 0 Å². The quantitative estimate of drug-likeness (QED) is 0.734. The summed E-state index contributed by atoms with van der Waals surface area (Å²) in [4.78, 5) is 35.4.